The van der Waals surface area contributed by atoms with E-state index in [0.717, 1.165) is 55.6 Å². The fourth-order valence-corrected chi connectivity index (χ4v) is 6.69. The summed E-state index contributed by atoms with van der Waals surface area (Å²) in [5.74, 6) is 0.696. The van der Waals surface area contributed by atoms with E-state index in [2.05, 4.69) is 152 Å². The molecular formula is C45H29N3. The minimum Gasteiger partial charge on any atom is -0.247 e. The number of nitrogens with zero attached hydrogens (tertiary/aromatic N) is 3. The van der Waals surface area contributed by atoms with E-state index in [1.807, 2.05) is 24.3 Å². The molecule has 0 N–H and O–H groups in total. The van der Waals surface area contributed by atoms with Crippen LogP contribution in [0.2, 0.25) is 0 Å². The Labute approximate surface area is 278 Å². The topological polar surface area (TPSA) is 38.7 Å². The van der Waals surface area contributed by atoms with Crippen LogP contribution in [0.3, 0.4) is 0 Å². The largest absolute Gasteiger partial charge is 0.247 e. The molecule has 0 fully saturated rings. The summed E-state index contributed by atoms with van der Waals surface area (Å²) in [4.78, 5) is 15.4. The standard InChI is InChI=1S/C45H29N3/c1-3-12-30(13-4-1)31-22-24-33(25-23-31)41-29-42(48-45(47-41)34-15-5-2-6-16-34)35-17-11-18-36(28-35)44-39-27-26-32-14-7-8-19-37(32)43(39)38-20-9-10-21-40(38)46-44/h1-29H. The van der Waals surface area contributed by atoms with Crippen LogP contribution in [0.15, 0.2) is 176 Å². The molecule has 0 amide bonds. The number of benzene rings is 7. The molecule has 9 rings (SSSR count). The molecule has 0 spiro atoms. The van der Waals surface area contributed by atoms with Gasteiger partial charge in [0.25, 0.3) is 0 Å². The molecule has 48 heavy (non-hydrogen) atoms. The lowest BCUT2D eigenvalue weighted by Crippen LogP contribution is -1.96. The van der Waals surface area contributed by atoms with Crippen LogP contribution in [0.25, 0.3) is 88.7 Å². The fourth-order valence-electron chi connectivity index (χ4n) is 6.69. The van der Waals surface area contributed by atoms with Gasteiger partial charge in [-0.25, -0.2) is 15.0 Å². The highest BCUT2D eigenvalue weighted by atomic mass is 14.9. The van der Waals surface area contributed by atoms with Crippen molar-refractivity contribution in [2.75, 3.05) is 0 Å². The third-order valence-electron chi connectivity index (χ3n) is 9.07. The molecule has 3 heteroatoms. The van der Waals surface area contributed by atoms with Crippen molar-refractivity contribution >= 4 is 32.4 Å². The van der Waals surface area contributed by atoms with Crippen LogP contribution in [0.1, 0.15) is 0 Å². The average Bonchev–Trinajstić information content (AvgIpc) is 3.18. The lowest BCUT2D eigenvalue weighted by Gasteiger charge is -2.14. The monoisotopic (exact) mass is 611 g/mol. The maximum absolute atomic E-state index is 5.25. The maximum Gasteiger partial charge on any atom is 0.160 e. The van der Waals surface area contributed by atoms with E-state index in [-0.39, 0.29) is 0 Å². The van der Waals surface area contributed by atoms with E-state index >= 15 is 0 Å². The van der Waals surface area contributed by atoms with E-state index in [1.54, 1.807) is 0 Å². The van der Waals surface area contributed by atoms with Gasteiger partial charge in [-0.2, -0.15) is 0 Å². The highest BCUT2D eigenvalue weighted by molar-refractivity contribution is 6.22. The highest BCUT2D eigenvalue weighted by Crippen LogP contribution is 2.38. The summed E-state index contributed by atoms with van der Waals surface area (Å²) in [5.41, 5.74) is 10.1. The van der Waals surface area contributed by atoms with E-state index in [1.165, 1.54) is 27.3 Å². The summed E-state index contributed by atoms with van der Waals surface area (Å²) in [6, 6.07) is 61.4. The zero-order valence-corrected chi connectivity index (χ0v) is 26.1. The summed E-state index contributed by atoms with van der Waals surface area (Å²) in [6.45, 7) is 0. The quantitative estimate of drug-likeness (QED) is 0.182. The number of rotatable bonds is 5. The van der Waals surface area contributed by atoms with Gasteiger partial charge in [0.05, 0.1) is 22.6 Å². The van der Waals surface area contributed by atoms with Crippen molar-refractivity contribution in [1.82, 2.24) is 15.0 Å². The van der Waals surface area contributed by atoms with Gasteiger partial charge in [-0.15, -0.1) is 0 Å². The predicted molar refractivity (Wildman–Crippen MR) is 200 cm³/mol. The second-order valence-corrected chi connectivity index (χ2v) is 12.0. The van der Waals surface area contributed by atoms with Crippen LogP contribution in [0, 0.1) is 0 Å². The van der Waals surface area contributed by atoms with Crippen LogP contribution in [-0.4, -0.2) is 15.0 Å². The Kier molecular flexibility index (Phi) is 6.80. The van der Waals surface area contributed by atoms with E-state index < -0.39 is 0 Å². The Morgan fingerprint density at radius 2 is 0.896 bits per heavy atom. The van der Waals surface area contributed by atoms with Gasteiger partial charge < -0.3 is 0 Å². The average molecular weight is 612 g/mol. The molecule has 0 bridgehead atoms. The Bertz CT molecular complexity index is 2580. The van der Waals surface area contributed by atoms with Crippen molar-refractivity contribution in [3.05, 3.63) is 176 Å². The first-order valence-electron chi connectivity index (χ1n) is 16.2. The Balaban J connectivity index is 1.21. The van der Waals surface area contributed by atoms with Crippen molar-refractivity contribution in [2.24, 2.45) is 0 Å². The van der Waals surface area contributed by atoms with Gasteiger partial charge in [-0.3, -0.25) is 0 Å². The van der Waals surface area contributed by atoms with Gasteiger partial charge in [0.1, 0.15) is 0 Å². The molecule has 0 saturated carbocycles. The molecule has 2 aromatic heterocycles. The van der Waals surface area contributed by atoms with Crippen molar-refractivity contribution < 1.29 is 0 Å². The molecular weight excluding hydrogens is 583 g/mol. The zero-order valence-electron chi connectivity index (χ0n) is 26.1. The van der Waals surface area contributed by atoms with Crippen molar-refractivity contribution in [1.29, 1.82) is 0 Å². The molecule has 3 nitrogen and oxygen atoms in total. The van der Waals surface area contributed by atoms with E-state index in [0.29, 0.717) is 5.82 Å². The molecule has 0 atom stereocenters. The smallest absolute Gasteiger partial charge is 0.160 e. The van der Waals surface area contributed by atoms with Gasteiger partial charge in [-0.05, 0) is 40.1 Å². The van der Waals surface area contributed by atoms with E-state index in [4.69, 9.17) is 15.0 Å². The minimum absolute atomic E-state index is 0.696. The third kappa shape index (κ3) is 4.99. The number of fused-ring (bicyclic) bond motifs is 5. The SMILES string of the molecule is c1ccc(-c2ccc(-c3cc(-c4cccc(-c5nc6ccccc6c6c5ccc5ccccc56)c4)nc(-c4ccccc4)n3)cc2)cc1. The molecule has 0 radical (unpaired) electrons. The number of pyridine rings is 1. The van der Waals surface area contributed by atoms with Gasteiger partial charge in [0.15, 0.2) is 5.82 Å². The summed E-state index contributed by atoms with van der Waals surface area (Å²) >= 11 is 0. The van der Waals surface area contributed by atoms with Crippen molar-refractivity contribution in [2.45, 2.75) is 0 Å². The lowest BCUT2D eigenvalue weighted by atomic mass is 9.94. The summed E-state index contributed by atoms with van der Waals surface area (Å²) in [6.07, 6.45) is 0. The molecule has 7 aromatic carbocycles. The fraction of sp³-hybridized carbons (Fsp3) is 0. The maximum atomic E-state index is 5.25. The predicted octanol–water partition coefficient (Wildman–Crippen LogP) is 11.7. The van der Waals surface area contributed by atoms with Gasteiger partial charge >= 0.3 is 0 Å². The van der Waals surface area contributed by atoms with Crippen LogP contribution in [-0.2, 0) is 0 Å². The number of hydrogen-bond acceptors (Lipinski definition) is 3. The van der Waals surface area contributed by atoms with Crippen LogP contribution in [0.5, 0.6) is 0 Å². The Morgan fingerprint density at radius 1 is 0.312 bits per heavy atom. The highest BCUT2D eigenvalue weighted by Gasteiger charge is 2.15. The Morgan fingerprint density at radius 3 is 1.69 bits per heavy atom. The third-order valence-corrected chi connectivity index (χ3v) is 9.07. The van der Waals surface area contributed by atoms with Crippen LogP contribution in [0.4, 0.5) is 0 Å². The number of hydrogen-bond donors (Lipinski definition) is 0. The molecule has 9 aromatic rings. The lowest BCUT2D eigenvalue weighted by molar-refractivity contribution is 1.18. The molecule has 0 aliphatic carbocycles. The normalized spacial score (nSPS) is 11.3. The zero-order chi connectivity index (χ0) is 31.9. The summed E-state index contributed by atoms with van der Waals surface area (Å²) in [7, 11) is 0. The molecule has 0 unspecified atom stereocenters. The van der Waals surface area contributed by atoms with Crippen molar-refractivity contribution in [3.63, 3.8) is 0 Å². The van der Waals surface area contributed by atoms with Crippen LogP contribution >= 0.6 is 0 Å². The van der Waals surface area contributed by atoms with Crippen LogP contribution < -0.4 is 0 Å². The number of para-hydroxylation sites is 1. The van der Waals surface area contributed by atoms with Crippen molar-refractivity contribution in [3.8, 4) is 56.3 Å². The molecule has 0 aliphatic heterocycles. The summed E-state index contributed by atoms with van der Waals surface area (Å²) in [5, 5.41) is 5.98. The second-order valence-electron chi connectivity index (χ2n) is 12.0. The first-order chi connectivity index (χ1) is 23.8. The molecule has 0 aliphatic rings. The second kappa shape index (κ2) is 11.7. The number of aromatic nitrogens is 3. The Hall–Kier alpha value is -6.45. The van der Waals surface area contributed by atoms with Gasteiger partial charge in [-0.1, -0.05) is 158 Å². The first-order valence-corrected chi connectivity index (χ1v) is 16.2. The van der Waals surface area contributed by atoms with Gasteiger partial charge in [0, 0.05) is 38.4 Å². The van der Waals surface area contributed by atoms with E-state index in [9.17, 15) is 0 Å². The molecule has 2 heterocycles. The minimum atomic E-state index is 0.696. The molecule has 224 valence electrons. The van der Waals surface area contributed by atoms with Gasteiger partial charge in [0.2, 0.25) is 0 Å². The first kappa shape index (κ1) is 27.8. The summed E-state index contributed by atoms with van der Waals surface area (Å²) < 4.78 is 0. The molecule has 0 saturated heterocycles.